The van der Waals surface area contributed by atoms with Gasteiger partial charge in [0, 0.05) is 11.5 Å². The van der Waals surface area contributed by atoms with Crippen LogP contribution in [0.5, 0.6) is 0 Å². The van der Waals surface area contributed by atoms with Gasteiger partial charge in [0.2, 0.25) is 0 Å². The van der Waals surface area contributed by atoms with Crippen LogP contribution >= 0.6 is 0 Å². The Balaban J connectivity index is 2.33. The van der Waals surface area contributed by atoms with E-state index in [2.05, 4.69) is 40.4 Å². The first-order chi connectivity index (χ1) is 8.77. The summed E-state index contributed by atoms with van der Waals surface area (Å²) in [5.41, 5.74) is 0.683. The van der Waals surface area contributed by atoms with E-state index in [1.807, 2.05) is 0 Å². The van der Waals surface area contributed by atoms with Crippen molar-refractivity contribution in [2.75, 3.05) is 0 Å². The third-order valence-electron chi connectivity index (χ3n) is 6.15. The zero-order chi connectivity index (χ0) is 14.4. The Kier molecular flexibility index (Phi) is 3.72. The van der Waals surface area contributed by atoms with Gasteiger partial charge in [0.1, 0.15) is 0 Å². The van der Waals surface area contributed by atoms with Crippen LogP contribution in [-0.2, 0) is 9.53 Å². The highest BCUT2D eigenvalue weighted by atomic mass is 28.3. The molecule has 0 saturated heterocycles. The van der Waals surface area contributed by atoms with Gasteiger partial charge in [-0.1, -0.05) is 40.4 Å². The second-order valence-corrected chi connectivity index (χ2v) is 10.5. The molecule has 0 aromatic rings. The molecule has 3 aliphatic carbocycles. The first-order valence-electron chi connectivity index (χ1n) is 7.60. The third-order valence-corrected chi connectivity index (χ3v) is 8.10. The molecule has 3 heteroatoms. The second kappa shape index (κ2) is 4.76. The van der Waals surface area contributed by atoms with Crippen molar-refractivity contribution in [1.29, 1.82) is 0 Å². The molecule has 0 N–H and O–H groups in total. The van der Waals surface area contributed by atoms with E-state index in [1.54, 1.807) is 0 Å². The van der Waals surface area contributed by atoms with Crippen LogP contribution in [-0.4, -0.2) is 20.5 Å². The quantitative estimate of drug-likeness (QED) is 0.447. The number of rotatable bonds is 4. The Morgan fingerprint density at radius 3 is 2.47 bits per heavy atom. The molecule has 2 bridgehead atoms. The van der Waals surface area contributed by atoms with Crippen LogP contribution in [0.1, 0.15) is 40.0 Å². The third kappa shape index (κ3) is 1.92. The van der Waals surface area contributed by atoms with E-state index >= 15 is 0 Å². The van der Waals surface area contributed by atoms with Gasteiger partial charge in [-0.2, -0.15) is 0 Å². The minimum Gasteiger partial charge on any atom is -0.463 e. The summed E-state index contributed by atoms with van der Waals surface area (Å²) in [4.78, 5) is 11.7. The lowest BCUT2D eigenvalue weighted by molar-refractivity contribution is -0.234. The molecule has 3 aliphatic rings. The second-order valence-electron chi connectivity index (χ2n) is 7.45. The van der Waals surface area contributed by atoms with Gasteiger partial charge in [0.15, 0.2) is 0 Å². The summed E-state index contributed by atoms with van der Waals surface area (Å²) in [5.74, 6) is 1.24. The number of ether oxygens (including phenoxy) is 1. The van der Waals surface area contributed by atoms with Crippen molar-refractivity contribution in [3.05, 3.63) is 12.7 Å². The molecule has 0 radical (unpaired) electrons. The number of carbonyl (C=O) groups is 1. The molecular formula is C16H28O2Si. The van der Waals surface area contributed by atoms with Gasteiger partial charge < -0.3 is 4.74 Å². The highest BCUT2D eigenvalue weighted by molar-refractivity contribution is 6.57. The Morgan fingerprint density at radius 2 is 2.05 bits per heavy atom. The van der Waals surface area contributed by atoms with Crippen LogP contribution < -0.4 is 0 Å². The van der Waals surface area contributed by atoms with Gasteiger partial charge in [-0.05, 0) is 36.5 Å². The molecule has 3 fully saturated rings. The standard InChI is InChI=1S/C16H28O2Si/c1-7-13(17)18-14(19(5)6)16-10-12(15(16,3)4)9-8-11(16)2/h7,11-12,14,19H,1,8-10H2,2-6H3. The van der Waals surface area contributed by atoms with Crippen LogP contribution in [0.15, 0.2) is 12.7 Å². The minimum atomic E-state index is -1.07. The van der Waals surface area contributed by atoms with Crippen LogP contribution in [0.2, 0.25) is 13.1 Å². The monoisotopic (exact) mass is 280 g/mol. The van der Waals surface area contributed by atoms with E-state index in [-0.39, 0.29) is 17.1 Å². The van der Waals surface area contributed by atoms with Crippen molar-refractivity contribution >= 4 is 14.8 Å². The molecule has 0 aromatic carbocycles. The topological polar surface area (TPSA) is 26.3 Å². The zero-order valence-electron chi connectivity index (χ0n) is 13.0. The number of esters is 1. The Hall–Kier alpha value is -0.573. The van der Waals surface area contributed by atoms with Gasteiger partial charge in [0.05, 0.1) is 14.5 Å². The molecule has 0 heterocycles. The normalized spacial score (nSPS) is 37.4. The number of fused-ring (bicyclic) bond motifs is 2. The maximum atomic E-state index is 11.7. The predicted octanol–water partition coefficient (Wildman–Crippen LogP) is 3.57. The molecule has 4 unspecified atom stereocenters. The lowest BCUT2D eigenvalue weighted by Gasteiger charge is -2.71. The van der Waals surface area contributed by atoms with Gasteiger partial charge in [-0.15, -0.1) is 0 Å². The molecule has 3 saturated carbocycles. The average molecular weight is 280 g/mol. The van der Waals surface area contributed by atoms with Crippen molar-refractivity contribution < 1.29 is 9.53 Å². The van der Waals surface area contributed by atoms with Crippen LogP contribution in [0.4, 0.5) is 0 Å². The van der Waals surface area contributed by atoms with Crippen LogP contribution in [0.25, 0.3) is 0 Å². The smallest absolute Gasteiger partial charge is 0.330 e. The van der Waals surface area contributed by atoms with Gasteiger partial charge in [0.25, 0.3) is 0 Å². The van der Waals surface area contributed by atoms with E-state index in [0.29, 0.717) is 11.3 Å². The molecule has 0 amide bonds. The Bertz CT molecular complexity index is 388. The lowest BCUT2D eigenvalue weighted by atomic mass is 9.37. The maximum Gasteiger partial charge on any atom is 0.330 e. The van der Waals surface area contributed by atoms with E-state index in [4.69, 9.17) is 4.74 Å². The van der Waals surface area contributed by atoms with Gasteiger partial charge in [-0.25, -0.2) is 4.79 Å². The summed E-state index contributed by atoms with van der Waals surface area (Å²) in [6.45, 7) is 15.3. The summed E-state index contributed by atoms with van der Waals surface area (Å²) >= 11 is 0. The van der Waals surface area contributed by atoms with Crippen molar-refractivity contribution in [2.24, 2.45) is 22.7 Å². The van der Waals surface area contributed by atoms with E-state index in [1.165, 1.54) is 25.3 Å². The molecule has 108 valence electrons. The van der Waals surface area contributed by atoms with Crippen molar-refractivity contribution in [2.45, 2.75) is 58.9 Å². The summed E-state index contributed by atoms with van der Waals surface area (Å²) in [6.07, 6.45) is 5.20. The first-order valence-corrected chi connectivity index (χ1v) is 10.6. The number of carbonyl (C=O) groups excluding carboxylic acids is 1. The Labute approximate surface area is 119 Å². The molecule has 4 atom stereocenters. The van der Waals surface area contributed by atoms with Crippen LogP contribution in [0.3, 0.4) is 0 Å². The molecule has 0 spiro atoms. The SMILES string of the molecule is C=CC(=O)OC([SiH](C)C)C12CC(CCC1C)C2(C)C. The molecule has 2 nitrogen and oxygen atoms in total. The molecule has 19 heavy (non-hydrogen) atoms. The summed E-state index contributed by atoms with van der Waals surface area (Å²) in [5, 5.41) is 0. The fraction of sp³-hybridized carbons (Fsp3) is 0.812. The summed E-state index contributed by atoms with van der Waals surface area (Å²) < 4.78 is 5.85. The summed E-state index contributed by atoms with van der Waals surface area (Å²) in [7, 11) is -1.07. The fourth-order valence-electron chi connectivity index (χ4n) is 4.96. The summed E-state index contributed by atoms with van der Waals surface area (Å²) in [6, 6.07) is 0. The number of hydrogen-bond acceptors (Lipinski definition) is 2. The number of hydrogen-bond donors (Lipinski definition) is 0. The highest BCUT2D eigenvalue weighted by Gasteiger charge is 2.68. The largest absolute Gasteiger partial charge is 0.463 e. The van der Waals surface area contributed by atoms with Crippen molar-refractivity contribution in [1.82, 2.24) is 0 Å². The van der Waals surface area contributed by atoms with Crippen LogP contribution in [0, 0.1) is 22.7 Å². The highest BCUT2D eigenvalue weighted by Crippen LogP contribution is 2.71. The van der Waals surface area contributed by atoms with E-state index in [9.17, 15) is 4.79 Å². The van der Waals surface area contributed by atoms with E-state index in [0.717, 1.165) is 5.92 Å². The van der Waals surface area contributed by atoms with Crippen molar-refractivity contribution in [3.63, 3.8) is 0 Å². The fourth-order valence-corrected chi connectivity index (χ4v) is 7.45. The maximum absolute atomic E-state index is 11.7. The molecule has 0 aromatic heterocycles. The predicted molar refractivity (Wildman–Crippen MR) is 81.7 cm³/mol. The molecular weight excluding hydrogens is 252 g/mol. The minimum absolute atomic E-state index is 0.152. The van der Waals surface area contributed by atoms with Crippen molar-refractivity contribution in [3.8, 4) is 0 Å². The lowest BCUT2D eigenvalue weighted by Crippen LogP contribution is -2.69. The zero-order valence-corrected chi connectivity index (χ0v) is 14.2. The van der Waals surface area contributed by atoms with Gasteiger partial charge >= 0.3 is 5.97 Å². The molecule has 3 rings (SSSR count). The van der Waals surface area contributed by atoms with E-state index < -0.39 is 8.80 Å². The molecule has 0 aliphatic heterocycles. The van der Waals surface area contributed by atoms with Gasteiger partial charge in [-0.3, -0.25) is 0 Å². The first kappa shape index (κ1) is 14.8. The Morgan fingerprint density at radius 1 is 1.42 bits per heavy atom. The average Bonchev–Trinajstić information content (AvgIpc) is 2.35.